The summed E-state index contributed by atoms with van der Waals surface area (Å²) < 4.78 is 0. The predicted octanol–water partition coefficient (Wildman–Crippen LogP) is 2.06. The molecule has 0 aromatic carbocycles. The van der Waals surface area contributed by atoms with Crippen molar-refractivity contribution in [3.63, 3.8) is 0 Å². The standard InChI is InChI=1S/C16H20N4O/c1-12-4-5-13(10-17-12)9-16(21)20-8-2-3-14(11-20)15-6-7-18-19-15/h4-7,10,14H,2-3,8-9,11H2,1H3,(H,18,19)/t14-/m1/s1. The van der Waals surface area contributed by atoms with Gasteiger partial charge in [0.2, 0.25) is 5.91 Å². The Kier molecular flexibility index (Phi) is 3.99. The topological polar surface area (TPSA) is 61.9 Å². The van der Waals surface area contributed by atoms with Gasteiger partial charge in [-0.3, -0.25) is 14.9 Å². The number of hydrogen-bond donors (Lipinski definition) is 1. The number of hydrogen-bond acceptors (Lipinski definition) is 3. The number of aromatic nitrogens is 3. The van der Waals surface area contributed by atoms with Crippen LogP contribution in [-0.4, -0.2) is 39.1 Å². The first kappa shape index (κ1) is 13.8. The molecule has 2 aromatic rings. The minimum absolute atomic E-state index is 0.185. The van der Waals surface area contributed by atoms with E-state index < -0.39 is 0 Å². The van der Waals surface area contributed by atoms with Crippen molar-refractivity contribution in [3.05, 3.63) is 47.5 Å². The van der Waals surface area contributed by atoms with Crippen LogP contribution >= 0.6 is 0 Å². The van der Waals surface area contributed by atoms with Crippen LogP contribution in [0.1, 0.15) is 35.7 Å². The molecule has 0 unspecified atom stereocenters. The highest BCUT2D eigenvalue weighted by molar-refractivity contribution is 5.78. The fraction of sp³-hybridized carbons (Fsp3) is 0.438. The Morgan fingerprint density at radius 2 is 2.33 bits per heavy atom. The number of rotatable bonds is 3. The number of piperidine rings is 1. The van der Waals surface area contributed by atoms with Crippen molar-refractivity contribution < 1.29 is 4.79 Å². The minimum atomic E-state index is 0.185. The summed E-state index contributed by atoms with van der Waals surface area (Å²) in [7, 11) is 0. The highest BCUT2D eigenvalue weighted by Crippen LogP contribution is 2.25. The summed E-state index contributed by atoms with van der Waals surface area (Å²) in [4.78, 5) is 18.7. The van der Waals surface area contributed by atoms with Crippen LogP contribution in [0.3, 0.4) is 0 Å². The molecular weight excluding hydrogens is 264 g/mol. The predicted molar refractivity (Wildman–Crippen MR) is 79.8 cm³/mol. The molecule has 110 valence electrons. The molecule has 1 fully saturated rings. The first-order valence-electron chi connectivity index (χ1n) is 7.41. The first-order valence-corrected chi connectivity index (χ1v) is 7.41. The molecule has 21 heavy (non-hydrogen) atoms. The Morgan fingerprint density at radius 3 is 3.05 bits per heavy atom. The van der Waals surface area contributed by atoms with Gasteiger partial charge in [0.15, 0.2) is 0 Å². The quantitative estimate of drug-likeness (QED) is 0.938. The van der Waals surface area contributed by atoms with Gasteiger partial charge in [-0.15, -0.1) is 0 Å². The maximum Gasteiger partial charge on any atom is 0.227 e. The van der Waals surface area contributed by atoms with Gasteiger partial charge >= 0.3 is 0 Å². The molecule has 5 heteroatoms. The minimum Gasteiger partial charge on any atom is -0.342 e. The van der Waals surface area contributed by atoms with E-state index in [9.17, 15) is 4.79 Å². The van der Waals surface area contributed by atoms with Crippen LogP contribution in [0, 0.1) is 6.92 Å². The van der Waals surface area contributed by atoms with Crippen LogP contribution in [0.2, 0.25) is 0 Å². The lowest BCUT2D eigenvalue weighted by Crippen LogP contribution is -2.40. The largest absolute Gasteiger partial charge is 0.342 e. The number of nitrogens with zero attached hydrogens (tertiary/aromatic N) is 3. The number of amides is 1. The van der Waals surface area contributed by atoms with Crippen molar-refractivity contribution in [3.8, 4) is 0 Å². The third-order valence-electron chi connectivity index (χ3n) is 4.06. The molecule has 0 radical (unpaired) electrons. The lowest BCUT2D eigenvalue weighted by Gasteiger charge is -2.32. The lowest BCUT2D eigenvalue weighted by molar-refractivity contribution is -0.131. The maximum absolute atomic E-state index is 12.4. The molecule has 0 aliphatic carbocycles. The number of carbonyl (C=O) groups excluding carboxylic acids is 1. The number of carbonyl (C=O) groups is 1. The van der Waals surface area contributed by atoms with E-state index in [1.54, 1.807) is 12.4 Å². The van der Waals surface area contributed by atoms with E-state index in [0.29, 0.717) is 12.3 Å². The third kappa shape index (κ3) is 3.29. The monoisotopic (exact) mass is 284 g/mol. The third-order valence-corrected chi connectivity index (χ3v) is 4.06. The fourth-order valence-electron chi connectivity index (χ4n) is 2.84. The van der Waals surface area contributed by atoms with Gasteiger partial charge in [0.25, 0.3) is 0 Å². The average molecular weight is 284 g/mol. The molecule has 0 saturated carbocycles. The molecular formula is C16H20N4O. The molecule has 1 N–H and O–H groups in total. The summed E-state index contributed by atoms with van der Waals surface area (Å²) in [5, 5.41) is 7.03. The van der Waals surface area contributed by atoms with Gasteiger partial charge in [-0.05, 0) is 37.5 Å². The number of nitrogens with one attached hydrogen (secondary N) is 1. The molecule has 1 aliphatic rings. The van der Waals surface area contributed by atoms with E-state index in [-0.39, 0.29) is 5.91 Å². The average Bonchev–Trinajstić information content (AvgIpc) is 3.04. The molecule has 3 rings (SSSR count). The number of aromatic amines is 1. The summed E-state index contributed by atoms with van der Waals surface area (Å²) in [6.07, 6.45) is 6.15. The molecule has 2 aromatic heterocycles. The maximum atomic E-state index is 12.4. The van der Waals surface area contributed by atoms with Crippen LogP contribution in [-0.2, 0) is 11.2 Å². The van der Waals surface area contributed by atoms with Gasteiger partial charge in [-0.2, -0.15) is 5.10 Å². The summed E-state index contributed by atoms with van der Waals surface area (Å²) in [6.45, 7) is 3.58. The Morgan fingerprint density at radius 1 is 1.43 bits per heavy atom. The number of pyridine rings is 1. The van der Waals surface area contributed by atoms with Gasteiger partial charge in [-0.25, -0.2) is 0 Å². The second kappa shape index (κ2) is 6.08. The Labute approximate surface area is 124 Å². The van der Waals surface area contributed by atoms with Crippen molar-refractivity contribution in [1.82, 2.24) is 20.1 Å². The van der Waals surface area contributed by atoms with Gasteiger partial charge in [0.05, 0.1) is 6.42 Å². The molecule has 0 bridgehead atoms. The Hall–Kier alpha value is -2.17. The van der Waals surface area contributed by atoms with Crippen molar-refractivity contribution in [2.75, 3.05) is 13.1 Å². The van der Waals surface area contributed by atoms with Gasteiger partial charge < -0.3 is 4.90 Å². The molecule has 1 atom stereocenters. The Bertz CT molecular complexity index is 591. The van der Waals surface area contributed by atoms with Gasteiger partial charge in [-0.1, -0.05) is 6.07 Å². The zero-order valence-corrected chi connectivity index (χ0v) is 12.2. The molecule has 5 nitrogen and oxygen atoms in total. The van der Waals surface area contributed by atoms with E-state index in [4.69, 9.17) is 0 Å². The highest BCUT2D eigenvalue weighted by Gasteiger charge is 2.25. The zero-order chi connectivity index (χ0) is 14.7. The highest BCUT2D eigenvalue weighted by atomic mass is 16.2. The molecule has 1 aliphatic heterocycles. The summed E-state index contributed by atoms with van der Waals surface area (Å²) >= 11 is 0. The number of likely N-dealkylation sites (tertiary alicyclic amines) is 1. The molecule has 1 saturated heterocycles. The van der Waals surface area contributed by atoms with E-state index in [0.717, 1.165) is 42.9 Å². The van der Waals surface area contributed by atoms with Crippen LogP contribution < -0.4 is 0 Å². The van der Waals surface area contributed by atoms with Crippen molar-refractivity contribution in [2.45, 2.75) is 32.1 Å². The van der Waals surface area contributed by atoms with Crippen molar-refractivity contribution >= 4 is 5.91 Å². The summed E-state index contributed by atoms with van der Waals surface area (Å²) in [6, 6.07) is 5.94. The van der Waals surface area contributed by atoms with Crippen LogP contribution in [0.15, 0.2) is 30.6 Å². The summed E-state index contributed by atoms with van der Waals surface area (Å²) in [5.41, 5.74) is 3.09. The smallest absolute Gasteiger partial charge is 0.227 e. The SMILES string of the molecule is Cc1ccc(CC(=O)N2CCC[C@@H](c3ccn[nH]3)C2)cn1. The van der Waals surface area contributed by atoms with Crippen LogP contribution in [0.5, 0.6) is 0 Å². The van der Waals surface area contributed by atoms with Crippen molar-refractivity contribution in [2.24, 2.45) is 0 Å². The number of H-pyrrole nitrogens is 1. The zero-order valence-electron chi connectivity index (χ0n) is 12.2. The van der Waals surface area contributed by atoms with E-state index >= 15 is 0 Å². The molecule has 1 amide bonds. The van der Waals surface area contributed by atoms with Crippen LogP contribution in [0.4, 0.5) is 0 Å². The van der Waals surface area contributed by atoms with E-state index in [1.807, 2.05) is 30.0 Å². The Balaban J connectivity index is 1.63. The number of aryl methyl sites for hydroxylation is 1. The fourth-order valence-corrected chi connectivity index (χ4v) is 2.84. The molecule has 3 heterocycles. The summed E-state index contributed by atoms with van der Waals surface area (Å²) in [5.74, 6) is 0.561. The lowest BCUT2D eigenvalue weighted by atomic mass is 9.94. The molecule has 0 spiro atoms. The van der Waals surface area contributed by atoms with E-state index in [2.05, 4.69) is 15.2 Å². The first-order chi connectivity index (χ1) is 10.2. The van der Waals surface area contributed by atoms with Crippen LogP contribution in [0.25, 0.3) is 0 Å². The second-order valence-electron chi connectivity index (χ2n) is 5.68. The van der Waals surface area contributed by atoms with Crippen molar-refractivity contribution in [1.29, 1.82) is 0 Å². The van der Waals surface area contributed by atoms with Gasteiger partial charge in [0, 0.05) is 42.8 Å². The normalized spacial score (nSPS) is 18.7. The van der Waals surface area contributed by atoms with Gasteiger partial charge in [0.1, 0.15) is 0 Å². The second-order valence-corrected chi connectivity index (χ2v) is 5.68. The van der Waals surface area contributed by atoms with E-state index in [1.165, 1.54) is 0 Å².